The van der Waals surface area contributed by atoms with Gasteiger partial charge in [0.1, 0.15) is 18.1 Å². The molecule has 0 aromatic heterocycles. The number of carbonyl (C=O) groups excluding carboxylic acids is 3. The number of amides is 3. The monoisotopic (exact) mass is 758 g/mol. The normalized spacial score (nSPS) is 16.6. The molecule has 0 heterocycles. The zero-order chi connectivity index (χ0) is 38.8. The average molecular weight is 759 g/mol. The molecule has 0 bridgehead atoms. The van der Waals surface area contributed by atoms with Crippen LogP contribution in [-0.2, 0) is 34.6 Å². The van der Waals surface area contributed by atoms with Crippen molar-refractivity contribution in [2.24, 2.45) is 5.73 Å². The number of aliphatic hydroxyl groups excluding tert-OH is 1. The highest BCUT2D eigenvalue weighted by Gasteiger charge is 2.38. The number of rotatable bonds is 14. The first kappa shape index (κ1) is 39.5. The number of nitrogens with two attached hydrogens (primary N) is 1. The molecular formula is C40H43ClN4O9. The van der Waals surface area contributed by atoms with Gasteiger partial charge in [-0.3, -0.25) is 14.9 Å². The van der Waals surface area contributed by atoms with Crippen LogP contribution in [0.25, 0.3) is 11.1 Å². The summed E-state index contributed by atoms with van der Waals surface area (Å²) in [6, 6.07) is 22.2. The molecule has 284 valence electrons. The van der Waals surface area contributed by atoms with Gasteiger partial charge in [0.2, 0.25) is 5.91 Å². The number of nitro benzene ring substituents is 1. The third-order valence-electron chi connectivity index (χ3n) is 9.73. The molecular weight excluding hydrogens is 716 g/mol. The summed E-state index contributed by atoms with van der Waals surface area (Å²) in [5, 5.41) is 26.6. The fourth-order valence-electron chi connectivity index (χ4n) is 6.92. The molecule has 54 heavy (non-hydrogen) atoms. The van der Waals surface area contributed by atoms with E-state index in [2.05, 4.69) is 17.6 Å². The molecule has 13 nitrogen and oxygen atoms in total. The second-order valence-electron chi connectivity index (χ2n) is 13.4. The van der Waals surface area contributed by atoms with E-state index < -0.39 is 22.5 Å². The quantitative estimate of drug-likeness (QED) is 0.0729. The van der Waals surface area contributed by atoms with Gasteiger partial charge in [-0.1, -0.05) is 61.0 Å². The lowest BCUT2D eigenvalue weighted by atomic mass is 9.67. The zero-order valence-electron chi connectivity index (χ0n) is 30.1. The van der Waals surface area contributed by atoms with Gasteiger partial charge in [-0.15, -0.1) is 0 Å². The second kappa shape index (κ2) is 17.9. The molecule has 1 saturated carbocycles. The second-order valence-corrected chi connectivity index (χ2v) is 13.9. The molecule has 14 heteroatoms. The summed E-state index contributed by atoms with van der Waals surface area (Å²) >= 11 is 6.37. The molecule has 1 aliphatic carbocycles. The van der Waals surface area contributed by atoms with Crippen molar-refractivity contribution in [3.8, 4) is 22.6 Å². The average Bonchev–Trinajstić information content (AvgIpc) is 3.16. The largest absolute Gasteiger partial charge is 0.496 e. The highest BCUT2D eigenvalue weighted by molar-refractivity contribution is 6.33. The predicted octanol–water partition coefficient (Wildman–Crippen LogP) is 7.96. The van der Waals surface area contributed by atoms with Crippen molar-refractivity contribution in [1.29, 1.82) is 0 Å². The van der Waals surface area contributed by atoms with Crippen molar-refractivity contribution >= 4 is 41.1 Å². The number of hydrogen-bond acceptors (Lipinski definition) is 9. The van der Waals surface area contributed by atoms with Gasteiger partial charge in [-0.2, -0.15) is 0 Å². The number of halogens is 1. The Balaban J connectivity index is 1.32. The first-order chi connectivity index (χ1) is 25.9. The van der Waals surface area contributed by atoms with Gasteiger partial charge in [0.15, 0.2) is 0 Å². The number of methoxy groups -OCH3 is 1. The van der Waals surface area contributed by atoms with Crippen molar-refractivity contribution in [2.45, 2.75) is 76.5 Å². The van der Waals surface area contributed by atoms with E-state index in [0.29, 0.717) is 72.4 Å². The van der Waals surface area contributed by atoms with E-state index in [9.17, 15) is 29.6 Å². The van der Waals surface area contributed by atoms with E-state index in [1.54, 1.807) is 24.3 Å². The number of benzene rings is 4. The Labute approximate surface area is 317 Å². The van der Waals surface area contributed by atoms with Gasteiger partial charge in [0.25, 0.3) is 5.69 Å². The molecule has 0 saturated heterocycles. The molecule has 4 aromatic rings. The summed E-state index contributed by atoms with van der Waals surface area (Å²) < 4.78 is 16.5. The van der Waals surface area contributed by atoms with Crippen LogP contribution < -0.4 is 25.8 Å². The molecule has 4 aromatic carbocycles. The van der Waals surface area contributed by atoms with E-state index in [1.807, 2.05) is 42.5 Å². The number of aryl methyl sites for hydroxylation is 1. The van der Waals surface area contributed by atoms with Crippen LogP contribution in [0.5, 0.6) is 11.5 Å². The van der Waals surface area contributed by atoms with Crippen LogP contribution >= 0.6 is 11.6 Å². The van der Waals surface area contributed by atoms with Crippen molar-refractivity contribution in [3.63, 3.8) is 0 Å². The fraction of sp³-hybridized carbons (Fsp3) is 0.325. The third kappa shape index (κ3) is 9.85. The summed E-state index contributed by atoms with van der Waals surface area (Å²) in [4.78, 5) is 48.6. The molecule has 0 radical (unpaired) electrons. The van der Waals surface area contributed by atoms with Crippen LogP contribution in [0, 0.1) is 10.1 Å². The van der Waals surface area contributed by atoms with Crippen molar-refractivity contribution in [3.05, 3.63) is 116 Å². The van der Waals surface area contributed by atoms with Crippen LogP contribution in [-0.4, -0.2) is 41.3 Å². The van der Waals surface area contributed by atoms with E-state index in [-0.39, 0.29) is 42.3 Å². The Hall–Kier alpha value is -5.66. The summed E-state index contributed by atoms with van der Waals surface area (Å²) in [7, 11) is 1.47. The number of alkyl carbamates (subject to hydrolysis) is 1. The molecule has 5 rings (SSSR count). The number of primary amides is 1. The van der Waals surface area contributed by atoms with E-state index in [1.165, 1.54) is 19.2 Å². The van der Waals surface area contributed by atoms with Gasteiger partial charge in [-0.25, -0.2) is 9.59 Å². The topological polar surface area (TPSA) is 192 Å². The number of non-ortho nitro benzene ring substituents is 1. The molecule has 0 unspecified atom stereocenters. The molecule has 0 aliphatic heterocycles. The number of nitrogens with zero attached hydrogens (tertiary/aromatic N) is 1. The number of aliphatic hydroxyl groups is 1. The van der Waals surface area contributed by atoms with E-state index in [0.717, 1.165) is 16.7 Å². The number of hydrogen-bond donors (Lipinski definition) is 4. The Morgan fingerprint density at radius 1 is 1.02 bits per heavy atom. The van der Waals surface area contributed by atoms with E-state index in [4.69, 9.17) is 31.5 Å². The Morgan fingerprint density at radius 2 is 1.72 bits per heavy atom. The maximum atomic E-state index is 13.1. The van der Waals surface area contributed by atoms with Crippen molar-refractivity contribution in [1.82, 2.24) is 5.32 Å². The van der Waals surface area contributed by atoms with Gasteiger partial charge in [0.05, 0.1) is 29.4 Å². The summed E-state index contributed by atoms with van der Waals surface area (Å²) in [5.74, 6) is 0.513. The van der Waals surface area contributed by atoms with Crippen LogP contribution in [0.3, 0.4) is 0 Å². The summed E-state index contributed by atoms with van der Waals surface area (Å²) in [6.07, 6.45) is 2.05. The van der Waals surface area contributed by atoms with Crippen LogP contribution in [0.2, 0.25) is 5.02 Å². The Kier molecular flexibility index (Phi) is 13.1. The summed E-state index contributed by atoms with van der Waals surface area (Å²) in [5.41, 5.74) is 9.89. The predicted molar refractivity (Wildman–Crippen MR) is 204 cm³/mol. The molecule has 1 fully saturated rings. The van der Waals surface area contributed by atoms with Gasteiger partial charge < -0.3 is 35.7 Å². The van der Waals surface area contributed by atoms with Gasteiger partial charge >= 0.3 is 12.2 Å². The molecule has 3 amide bonds. The molecule has 1 aliphatic rings. The van der Waals surface area contributed by atoms with Crippen molar-refractivity contribution in [2.75, 3.05) is 12.4 Å². The fourth-order valence-corrected chi connectivity index (χ4v) is 7.16. The third-order valence-corrected chi connectivity index (χ3v) is 10.0. The molecule has 5 N–H and O–H groups in total. The minimum atomic E-state index is -0.945. The first-order valence-corrected chi connectivity index (χ1v) is 17.9. The maximum absolute atomic E-state index is 13.1. The van der Waals surface area contributed by atoms with Crippen LogP contribution in [0.15, 0.2) is 78.9 Å². The maximum Gasteiger partial charge on any atom is 0.409 e. The molecule has 0 spiro atoms. The molecule has 0 atom stereocenters. The Morgan fingerprint density at radius 3 is 2.35 bits per heavy atom. The number of nitrogens with one attached hydrogen (secondary N) is 2. The lowest BCUT2D eigenvalue weighted by Gasteiger charge is -2.40. The SMILES string of the molecule is COc1cc(NC(=O)CCCc2ccc(-c3ccccc3)c(OC(N)=O)c2C2(C)CCC(NC(=O)OCc3ccc([N+](=O)[O-])cc3)CC2)c(Cl)cc1CO. The number of anilines is 1. The van der Waals surface area contributed by atoms with E-state index >= 15 is 0 Å². The number of nitro groups is 1. The summed E-state index contributed by atoms with van der Waals surface area (Å²) in [6.45, 7) is 1.81. The van der Waals surface area contributed by atoms with Gasteiger partial charge in [-0.05, 0) is 78.8 Å². The van der Waals surface area contributed by atoms with Crippen molar-refractivity contribution < 1.29 is 38.6 Å². The lowest BCUT2D eigenvalue weighted by Crippen LogP contribution is -2.42. The van der Waals surface area contributed by atoms with Crippen LogP contribution in [0.4, 0.5) is 21.0 Å². The lowest BCUT2D eigenvalue weighted by molar-refractivity contribution is -0.384. The Bertz CT molecular complexity index is 1980. The highest BCUT2D eigenvalue weighted by Crippen LogP contribution is 2.48. The minimum absolute atomic E-state index is 0.0348. The standard InChI is InChI=1S/C40H43ClN4O9/c1-40(19-17-29(18-20-40)43-39(49)53-24-25-11-14-30(15-12-25)45(50)51)36-27(13-16-31(37(36)54-38(42)48)26-7-4-3-5-8-26)9-6-10-35(47)44-33-22-34(52-2)28(23-46)21-32(33)41/h3-5,7-8,11-16,21-22,29,46H,6,9-10,17-20,23-24H2,1-2H3,(H2,42,48)(H,43,49)(H,44,47). The van der Waals surface area contributed by atoms with Gasteiger partial charge in [0, 0.05) is 47.4 Å². The minimum Gasteiger partial charge on any atom is -0.496 e. The zero-order valence-corrected chi connectivity index (χ0v) is 30.8. The smallest absolute Gasteiger partial charge is 0.409 e. The first-order valence-electron chi connectivity index (χ1n) is 17.5. The number of ether oxygens (including phenoxy) is 3. The highest BCUT2D eigenvalue weighted by atomic mass is 35.5. The number of carbonyl (C=O) groups is 3. The van der Waals surface area contributed by atoms with Crippen LogP contribution in [0.1, 0.15) is 67.7 Å².